The average Bonchev–Trinajstić information content (AvgIpc) is 3.34. The number of benzene rings is 1. The number of halogens is 1. The third-order valence-electron chi connectivity index (χ3n) is 5.15. The fraction of sp³-hybridized carbons (Fsp3) is 0.182. The number of nitrogens with one attached hydrogen (secondary N) is 2. The minimum absolute atomic E-state index is 0.165. The molecule has 0 bridgehead atoms. The minimum Gasteiger partial charge on any atom is -0.457 e. The Morgan fingerprint density at radius 1 is 1.10 bits per heavy atom. The summed E-state index contributed by atoms with van der Waals surface area (Å²) in [6, 6.07) is 13.1. The van der Waals surface area contributed by atoms with E-state index in [0.717, 1.165) is 48.8 Å². The molecule has 2 N–H and O–H groups in total. The maximum absolute atomic E-state index is 12.3. The number of piperazine rings is 1. The van der Waals surface area contributed by atoms with Crippen LogP contribution in [0, 0.1) is 0 Å². The van der Waals surface area contributed by atoms with Crippen LogP contribution in [0.15, 0.2) is 53.1 Å². The van der Waals surface area contributed by atoms with Crippen molar-refractivity contribution in [2.24, 2.45) is 0 Å². The van der Waals surface area contributed by atoms with Crippen molar-refractivity contribution in [2.75, 3.05) is 36.4 Å². The molecule has 0 radical (unpaired) electrons. The van der Waals surface area contributed by atoms with E-state index in [0.29, 0.717) is 22.1 Å². The van der Waals surface area contributed by atoms with Crippen LogP contribution in [0.25, 0.3) is 23.0 Å². The molecule has 0 unspecified atom stereocenters. The first-order valence-corrected chi connectivity index (χ1v) is 9.90. The summed E-state index contributed by atoms with van der Waals surface area (Å²) >= 11 is 6.09. The van der Waals surface area contributed by atoms with Gasteiger partial charge in [0.2, 0.25) is 0 Å². The van der Waals surface area contributed by atoms with Crippen LogP contribution in [-0.4, -0.2) is 37.1 Å². The van der Waals surface area contributed by atoms with Gasteiger partial charge in [0, 0.05) is 54.2 Å². The van der Waals surface area contributed by atoms with E-state index in [-0.39, 0.29) is 5.91 Å². The Labute approximate surface area is 173 Å². The summed E-state index contributed by atoms with van der Waals surface area (Å²) in [6.45, 7) is 3.86. The van der Waals surface area contributed by atoms with Gasteiger partial charge in [0.15, 0.2) is 0 Å². The maximum atomic E-state index is 12.3. The maximum Gasteiger partial charge on any atom is 0.256 e. The van der Waals surface area contributed by atoms with Gasteiger partial charge in [-0.15, -0.1) is 0 Å². The number of nitrogens with zero attached hydrogens (tertiary/aromatic N) is 2. The second kappa shape index (κ2) is 7.39. The Hall–Kier alpha value is -3.09. The van der Waals surface area contributed by atoms with Crippen molar-refractivity contribution < 1.29 is 9.21 Å². The van der Waals surface area contributed by atoms with E-state index >= 15 is 0 Å². The van der Waals surface area contributed by atoms with E-state index < -0.39 is 0 Å². The summed E-state index contributed by atoms with van der Waals surface area (Å²) in [5.41, 5.74) is 2.97. The zero-order valence-electron chi connectivity index (χ0n) is 15.6. The lowest BCUT2D eigenvalue weighted by atomic mass is 10.1. The molecule has 0 saturated carbocycles. The molecule has 1 amide bonds. The Morgan fingerprint density at radius 2 is 1.97 bits per heavy atom. The molecule has 2 aliphatic heterocycles. The first-order valence-electron chi connectivity index (χ1n) is 9.52. The summed E-state index contributed by atoms with van der Waals surface area (Å²) < 4.78 is 5.96. The third kappa shape index (κ3) is 3.52. The fourth-order valence-corrected chi connectivity index (χ4v) is 3.82. The van der Waals surface area contributed by atoms with Gasteiger partial charge >= 0.3 is 0 Å². The molecule has 5 rings (SSSR count). The Kier molecular flexibility index (Phi) is 4.58. The number of pyridine rings is 1. The predicted octanol–water partition coefficient (Wildman–Crippen LogP) is 3.90. The summed E-state index contributed by atoms with van der Waals surface area (Å²) in [6.07, 6.45) is 3.56. The average molecular weight is 407 g/mol. The van der Waals surface area contributed by atoms with Crippen molar-refractivity contribution in [2.45, 2.75) is 0 Å². The van der Waals surface area contributed by atoms with Crippen LogP contribution < -0.4 is 15.5 Å². The van der Waals surface area contributed by atoms with Crippen molar-refractivity contribution >= 4 is 40.7 Å². The molecule has 1 fully saturated rings. The molecule has 1 aromatic carbocycles. The van der Waals surface area contributed by atoms with Gasteiger partial charge in [0.05, 0.1) is 5.57 Å². The lowest BCUT2D eigenvalue weighted by Crippen LogP contribution is -2.43. The van der Waals surface area contributed by atoms with E-state index in [4.69, 9.17) is 16.0 Å². The van der Waals surface area contributed by atoms with Crippen molar-refractivity contribution in [1.29, 1.82) is 0 Å². The van der Waals surface area contributed by atoms with Crippen molar-refractivity contribution in [3.05, 3.63) is 65.0 Å². The molecule has 0 atom stereocenters. The molecular formula is C22H19ClN4O2. The zero-order chi connectivity index (χ0) is 19.8. The molecule has 3 aromatic rings. The zero-order valence-corrected chi connectivity index (χ0v) is 16.4. The van der Waals surface area contributed by atoms with E-state index in [2.05, 4.69) is 20.5 Å². The molecule has 2 aliphatic rings. The molecule has 29 heavy (non-hydrogen) atoms. The van der Waals surface area contributed by atoms with E-state index in [1.165, 1.54) is 0 Å². The number of rotatable bonds is 3. The standard InChI is InChI=1S/C22H19ClN4O2/c23-15-2-4-19-17(11-15)18(22(28)26-19)12-16-3-5-20(29-16)14-1-6-21(25-13-14)27-9-7-24-8-10-27/h1-6,11-13,24H,7-10H2,(H,26,28)/b18-12-. The minimum atomic E-state index is -0.165. The van der Waals surface area contributed by atoms with Crippen LogP contribution in [0.2, 0.25) is 5.02 Å². The molecule has 1 saturated heterocycles. The number of fused-ring (bicyclic) bond motifs is 1. The van der Waals surface area contributed by atoms with E-state index in [9.17, 15) is 4.79 Å². The Morgan fingerprint density at radius 3 is 2.76 bits per heavy atom. The summed E-state index contributed by atoms with van der Waals surface area (Å²) in [4.78, 5) is 19.2. The van der Waals surface area contributed by atoms with Crippen molar-refractivity contribution in [3.63, 3.8) is 0 Å². The number of amides is 1. The Bertz CT molecular complexity index is 1100. The highest BCUT2D eigenvalue weighted by molar-refractivity contribution is 6.36. The van der Waals surface area contributed by atoms with E-state index in [1.54, 1.807) is 24.3 Å². The van der Waals surface area contributed by atoms with Gasteiger partial charge in [-0.1, -0.05) is 11.6 Å². The topological polar surface area (TPSA) is 70.4 Å². The number of aromatic nitrogens is 1. The molecule has 2 aromatic heterocycles. The molecule has 7 heteroatoms. The van der Waals surface area contributed by atoms with E-state index in [1.807, 2.05) is 30.5 Å². The van der Waals surface area contributed by atoms with Gasteiger partial charge in [-0.2, -0.15) is 0 Å². The second-order valence-electron chi connectivity index (χ2n) is 7.05. The first-order chi connectivity index (χ1) is 14.2. The van der Waals surface area contributed by atoms with Crippen molar-refractivity contribution in [3.8, 4) is 11.3 Å². The normalized spacial score (nSPS) is 17.5. The van der Waals surface area contributed by atoms with Gasteiger partial charge in [-0.3, -0.25) is 4.79 Å². The number of hydrogen-bond acceptors (Lipinski definition) is 5. The van der Waals surface area contributed by atoms with Crippen LogP contribution in [0.4, 0.5) is 11.5 Å². The smallest absolute Gasteiger partial charge is 0.256 e. The molecule has 146 valence electrons. The van der Waals surface area contributed by atoms with Gasteiger partial charge < -0.3 is 20.0 Å². The highest BCUT2D eigenvalue weighted by Crippen LogP contribution is 2.35. The summed E-state index contributed by atoms with van der Waals surface area (Å²) in [5, 5.41) is 6.77. The molecule has 4 heterocycles. The van der Waals surface area contributed by atoms with Crippen LogP contribution in [0.1, 0.15) is 11.3 Å². The van der Waals surface area contributed by atoms with Crippen molar-refractivity contribution in [1.82, 2.24) is 10.3 Å². The van der Waals surface area contributed by atoms with Gasteiger partial charge in [-0.05, 0) is 48.5 Å². The second-order valence-corrected chi connectivity index (χ2v) is 7.48. The largest absolute Gasteiger partial charge is 0.457 e. The number of furan rings is 1. The number of hydrogen-bond donors (Lipinski definition) is 2. The van der Waals surface area contributed by atoms with Crippen LogP contribution >= 0.6 is 11.6 Å². The van der Waals surface area contributed by atoms with Crippen LogP contribution in [0.5, 0.6) is 0 Å². The highest BCUT2D eigenvalue weighted by atomic mass is 35.5. The quantitative estimate of drug-likeness (QED) is 0.645. The summed E-state index contributed by atoms with van der Waals surface area (Å²) in [5.74, 6) is 2.12. The lowest BCUT2D eigenvalue weighted by molar-refractivity contribution is -0.110. The third-order valence-corrected chi connectivity index (χ3v) is 5.39. The number of anilines is 2. The van der Waals surface area contributed by atoms with Gasteiger partial charge in [0.25, 0.3) is 5.91 Å². The summed E-state index contributed by atoms with van der Waals surface area (Å²) in [7, 11) is 0. The monoisotopic (exact) mass is 406 g/mol. The number of carbonyl (C=O) groups excluding carboxylic acids is 1. The van der Waals surface area contributed by atoms with Gasteiger partial charge in [0.1, 0.15) is 17.3 Å². The first kappa shape index (κ1) is 18.0. The highest BCUT2D eigenvalue weighted by Gasteiger charge is 2.24. The fourth-order valence-electron chi connectivity index (χ4n) is 3.64. The van der Waals surface area contributed by atoms with Crippen LogP contribution in [-0.2, 0) is 4.79 Å². The molecular weight excluding hydrogens is 388 g/mol. The SMILES string of the molecule is O=C1Nc2ccc(Cl)cc2/C1=C/c1ccc(-c2ccc(N3CCNCC3)nc2)o1. The van der Waals surface area contributed by atoms with Gasteiger partial charge in [-0.25, -0.2) is 4.98 Å². The molecule has 0 spiro atoms. The lowest BCUT2D eigenvalue weighted by Gasteiger charge is -2.28. The van der Waals surface area contributed by atoms with Crippen LogP contribution in [0.3, 0.4) is 0 Å². The molecule has 0 aliphatic carbocycles. The Balaban J connectivity index is 1.39. The predicted molar refractivity (Wildman–Crippen MR) is 115 cm³/mol. The molecule has 6 nitrogen and oxygen atoms in total. The number of carbonyl (C=O) groups is 1.